The van der Waals surface area contributed by atoms with Gasteiger partial charge in [0.15, 0.2) is 0 Å². The number of nitrogen functional groups attached to an aromatic ring is 1. The van der Waals surface area contributed by atoms with Gasteiger partial charge in [0, 0.05) is 18.3 Å². The Labute approximate surface area is 116 Å². The van der Waals surface area contributed by atoms with Crippen LogP contribution < -0.4 is 5.73 Å². The van der Waals surface area contributed by atoms with Crippen molar-refractivity contribution in [2.75, 3.05) is 12.3 Å². The highest BCUT2D eigenvalue weighted by Gasteiger charge is 2.33. The lowest BCUT2D eigenvalue weighted by molar-refractivity contribution is 0.0763. The topological polar surface area (TPSA) is 46.3 Å². The van der Waals surface area contributed by atoms with E-state index in [1.54, 1.807) is 17.0 Å². The molecule has 2 N–H and O–H groups in total. The fourth-order valence-corrected chi connectivity index (χ4v) is 2.26. The number of nitrogens with two attached hydrogens (primary N) is 1. The third kappa shape index (κ3) is 2.62. The minimum Gasteiger partial charge on any atom is -0.399 e. The van der Waals surface area contributed by atoms with Crippen LogP contribution in [0.5, 0.6) is 0 Å². The van der Waals surface area contributed by atoms with Crippen molar-refractivity contribution in [2.24, 2.45) is 0 Å². The molecule has 1 saturated carbocycles. The lowest BCUT2D eigenvalue weighted by Gasteiger charge is -2.21. The second-order valence-electron chi connectivity index (χ2n) is 4.34. The molecule has 0 unspecified atom stereocenters. The summed E-state index contributed by atoms with van der Waals surface area (Å²) in [4.78, 5) is 14.2. The van der Waals surface area contributed by atoms with Crippen molar-refractivity contribution in [2.45, 2.75) is 18.9 Å². The average molecular weight is 285 g/mol. The SMILES string of the molecule is C=CCN(C(=O)c1cc(N)cc(Cl)c1Cl)C1CC1. The van der Waals surface area contributed by atoms with E-state index in [2.05, 4.69) is 6.58 Å². The first-order valence-electron chi connectivity index (χ1n) is 5.71. The van der Waals surface area contributed by atoms with Gasteiger partial charge in [-0.1, -0.05) is 29.3 Å². The van der Waals surface area contributed by atoms with Gasteiger partial charge in [0.05, 0.1) is 15.6 Å². The van der Waals surface area contributed by atoms with Crippen molar-refractivity contribution in [1.29, 1.82) is 0 Å². The van der Waals surface area contributed by atoms with Gasteiger partial charge in [-0.15, -0.1) is 6.58 Å². The van der Waals surface area contributed by atoms with Gasteiger partial charge in [0.25, 0.3) is 5.91 Å². The van der Waals surface area contributed by atoms with Crippen molar-refractivity contribution in [3.63, 3.8) is 0 Å². The second-order valence-corrected chi connectivity index (χ2v) is 5.13. The molecule has 0 aromatic heterocycles. The summed E-state index contributed by atoms with van der Waals surface area (Å²) in [5.41, 5.74) is 6.49. The average Bonchev–Trinajstić information content (AvgIpc) is 3.14. The summed E-state index contributed by atoms with van der Waals surface area (Å²) in [5.74, 6) is -0.142. The van der Waals surface area contributed by atoms with Gasteiger partial charge < -0.3 is 10.6 Å². The molecular formula is C13H14Cl2N2O. The summed E-state index contributed by atoms with van der Waals surface area (Å²) in [5, 5.41) is 0.556. The number of carbonyl (C=O) groups is 1. The molecule has 1 fully saturated rings. The minimum absolute atomic E-state index is 0.142. The van der Waals surface area contributed by atoms with Crippen LogP contribution in [0.15, 0.2) is 24.8 Å². The van der Waals surface area contributed by atoms with E-state index < -0.39 is 0 Å². The molecule has 0 heterocycles. The molecule has 5 heteroatoms. The number of rotatable bonds is 4. The van der Waals surface area contributed by atoms with Gasteiger partial charge >= 0.3 is 0 Å². The molecule has 0 saturated heterocycles. The summed E-state index contributed by atoms with van der Waals surface area (Å²) >= 11 is 12.0. The molecule has 0 atom stereocenters. The van der Waals surface area contributed by atoms with Crippen LogP contribution in [0.4, 0.5) is 5.69 Å². The molecule has 96 valence electrons. The number of hydrogen-bond acceptors (Lipinski definition) is 2. The molecule has 0 radical (unpaired) electrons. The Morgan fingerprint density at radius 3 is 2.72 bits per heavy atom. The fraction of sp³-hybridized carbons (Fsp3) is 0.308. The van der Waals surface area contributed by atoms with Crippen LogP contribution in [0.2, 0.25) is 10.0 Å². The molecule has 2 rings (SSSR count). The van der Waals surface area contributed by atoms with E-state index in [0.29, 0.717) is 22.8 Å². The summed E-state index contributed by atoms with van der Waals surface area (Å²) in [6, 6.07) is 3.39. The Bertz CT molecular complexity index is 498. The number of halogens is 2. The van der Waals surface area contributed by atoms with E-state index >= 15 is 0 Å². The molecule has 1 aliphatic rings. The van der Waals surface area contributed by atoms with Gasteiger partial charge in [-0.3, -0.25) is 4.79 Å². The summed E-state index contributed by atoms with van der Waals surface area (Å²) in [7, 11) is 0. The van der Waals surface area contributed by atoms with Crippen LogP contribution in [0, 0.1) is 0 Å². The maximum atomic E-state index is 12.4. The zero-order chi connectivity index (χ0) is 13.3. The Hall–Kier alpha value is -1.19. The van der Waals surface area contributed by atoms with E-state index in [4.69, 9.17) is 28.9 Å². The lowest BCUT2D eigenvalue weighted by Crippen LogP contribution is -2.33. The molecule has 0 spiro atoms. The van der Waals surface area contributed by atoms with Crippen LogP contribution in [0.1, 0.15) is 23.2 Å². The zero-order valence-corrected chi connectivity index (χ0v) is 11.3. The van der Waals surface area contributed by atoms with Crippen molar-refractivity contribution in [3.8, 4) is 0 Å². The predicted octanol–water partition coefficient (Wildman–Crippen LogP) is 3.37. The molecular weight excluding hydrogens is 271 g/mol. The van der Waals surface area contributed by atoms with Crippen molar-refractivity contribution in [3.05, 3.63) is 40.4 Å². The second kappa shape index (κ2) is 5.21. The highest BCUT2D eigenvalue weighted by Crippen LogP contribution is 2.33. The van der Waals surface area contributed by atoms with E-state index in [-0.39, 0.29) is 17.0 Å². The molecule has 0 aliphatic heterocycles. The Kier molecular flexibility index (Phi) is 3.83. The quantitative estimate of drug-likeness (QED) is 0.681. The predicted molar refractivity (Wildman–Crippen MR) is 75.1 cm³/mol. The Morgan fingerprint density at radius 2 is 2.17 bits per heavy atom. The summed E-state index contributed by atoms with van der Waals surface area (Å²) in [6.45, 7) is 4.17. The maximum absolute atomic E-state index is 12.4. The highest BCUT2D eigenvalue weighted by molar-refractivity contribution is 6.44. The number of amides is 1. The van der Waals surface area contributed by atoms with Crippen LogP contribution in [-0.2, 0) is 0 Å². The van der Waals surface area contributed by atoms with Gasteiger partial charge in [-0.25, -0.2) is 0 Å². The van der Waals surface area contributed by atoms with E-state index in [9.17, 15) is 4.79 Å². The third-order valence-corrected chi connectivity index (χ3v) is 3.66. The molecule has 0 bridgehead atoms. The number of hydrogen-bond donors (Lipinski definition) is 1. The Balaban J connectivity index is 2.34. The first-order valence-corrected chi connectivity index (χ1v) is 6.46. The minimum atomic E-state index is -0.142. The van der Waals surface area contributed by atoms with Crippen LogP contribution in [0.25, 0.3) is 0 Å². The van der Waals surface area contributed by atoms with E-state index in [1.165, 1.54) is 6.07 Å². The molecule has 1 amide bonds. The summed E-state index contributed by atoms with van der Waals surface area (Å²) in [6.07, 6.45) is 3.75. The maximum Gasteiger partial charge on any atom is 0.256 e. The molecule has 1 aromatic rings. The molecule has 1 aromatic carbocycles. The van der Waals surface area contributed by atoms with Crippen LogP contribution in [0.3, 0.4) is 0 Å². The Morgan fingerprint density at radius 1 is 1.50 bits per heavy atom. The standard InChI is InChI=1S/C13H14Cl2N2O/c1-2-5-17(9-3-4-9)13(18)10-6-8(16)7-11(14)12(10)15/h2,6-7,9H,1,3-5,16H2. The number of anilines is 1. The monoisotopic (exact) mass is 284 g/mol. The van der Waals surface area contributed by atoms with Crippen molar-refractivity contribution in [1.82, 2.24) is 4.90 Å². The lowest BCUT2D eigenvalue weighted by atomic mass is 10.1. The fourth-order valence-electron chi connectivity index (χ4n) is 1.84. The summed E-state index contributed by atoms with van der Waals surface area (Å²) < 4.78 is 0. The highest BCUT2D eigenvalue weighted by atomic mass is 35.5. The van der Waals surface area contributed by atoms with Gasteiger partial charge in [0.1, 0.15) is 0 Å². The first kappa shape index (κ1) is 13.2. The van der Waals surface area contributed by atoms with Crippen LogP contribution >= 0.6 is 23.2 Å². The molecule has 18 heavy (non-hydrogen) atoms. The first-order chi connectivity index (χ1) is 8.54. The van der Waals surface area contributed by atoms with Gasteiger partial charge in [-0.2, -0.15) is 0 Å². The third-order valence-electron chi connectivity index (χ3n) is 2.86. The largest absolute Gasteiger partial charge is 0.399 e. The van der Waals surface area contributed by atoms with E-state index in [1.807, 2.05) is 0 Å². The molecule has 3 nitrogen and oxygen atoms in total. The van der Waals surface area contributed by atoms with Crippen LogP contribution in [-0.4, -0.2) is 23.4 Å². The van der Waals surface area contributed by atoms with E-state index in [0.717, 1.165) is 12.8 Å². The number of carbonyl (C=O) groups excluding carboxylic acids is 1. The molecule has 1 aliphatic carbocycles. The van der Waals surface area contributed by atoms with Crippen molar-refractivity contribution >= 4 is 34.8 Å². The normalized spacial score (nSPS) is 14.3. The number of nitrogens with zero attached hydrogens (tertiary/aromatic N) is 1. The zero-order valence-electron chi connectivity index (χ0n) is 9.83. The van der Waals surface area contributed by atoms with Gasteiger partial charge in [-0.05, 0) is 25.0 Å². The smallest absolute Gasteiger partial charge is 0.256 e. The van der Waals surface area contributed by atoms with Gasteiger partial charge in [0.2, 0.25) is 0 Å². The van der Waals surface area contributed by atoms with Crippen molar-refractivity contribution < 1.29 is 4.79 Å². The number of benzene rings is 1.